The van der Waals surface area contributed by atoms with E-state index >= 15 is 0 Å². The van der Waals surface area contributed by atoms with Gasteiger partial charge in [0, 0.05) is 19.4 Å². The number of fused-ring (bicyclic) bond motifs is 1. The van der Waals surface area contributed by atoms with Crippen molar-refractivity contribution in [2.75, 3.05) is 7.11 Å². The normalized spacial score (nSPS) is 11.8. The minimum absolute atomic E-state index is 0.142. The molecule has 0 aliphatic carbocycles. The van der Waals surface area contributed by atoms with Crippen LogP contribution < -0.4 is 10.9 Å². The highest BCUT2D eigenvalue weighted by Gasteiger charge is 2.21. The molecule has 8 nitrogen and oxygen atoms in total. The van der Waals surface area contributed by atoms with Crippen molar-refractivity contribution < 1.29 is 14.3 Å². The zero-order chi connectivity index (χ0) is 20.6. The SMILES string of the molecule is COC(=O)[C@H](Cc1ccccc1)NC(=O)CCCn1nnc2ccccc2c1=O. The molecule has 1 aromatic heterocycles. The molecule has 0 radical (unpaired) electrons. The Kier molecular flexibility index (Phi) is 6.67. The van der Waals surface area contributed by atoms with Crippen LogP contribution in [0.2, 0.25) is 0 Å². The van der Waals surface area contributed by atoms with E-state index in [2.05, 4.69) is 15.6 Å². The molecular weight excluding hydrogens is 372 g/mol. The summed E-state index contributed by atoms with van der Waals surface area (Å²) in [5.41, 5.74) is 1.21. The highest BCUT2D eigenvalue weighted by atomic mass is 16.5. The Hall–Kier alpha value is -3.55. The second-order valence-electron chi connectivity index (χ2n) is 6.57. The number of aryl methyl sites for hydroxylation is 1. The first-order chi connectivity index (χ1) is 14.1. The van der Waals surface area contributed by atoms with E-state index < -0.39 is 12.0 Å². The Morgan fingerprint density at radius 3 is 2.59 bits per heavy atom. The average Bonchev–Trinajstić information content (AvgIpc) is 2.75. The number of esters is 1. The van der Waals surface area contributed by atoms with Gasteiger partial charge in [-0.2, -0.15) is 0 Å². The number of rotatable bonds is 8. The number of ether oxygens (including phenoxy) is 1. The van der Waals surface area contributed by atoms with Gasteiger partial charge in [-0.15, -0.1) is 5.10 Å². The molecule has 2 aromatic carbocycles. The minimum Gasteiger partial charge on any atom is -0.467 e. The fraction of sp³-hybridized carbons (Fsp3) is 0.286. The molecule has 0 saturated carbocycles. The van der Waals surface area contributed by atoms with E-state index in [9.17, 15) is 14.4 Å². The maximum Gasteiger partial charge on any atom is 0.328 e. The van der Waals surface area contributed by atoms with Crippen LogP contribution in [0.15, 0.2) is 59.4 Å². The number of aromatic nitrogens is 3. The van der Waals surface area contributed by atoms with Crippen molar-refractivity contribution in [1.82, 2.24) is 20.3 Å². The lowest BCUT2D eigenvalue weighted by Crippen LogP contribution is -2.43. The molecule has 1 N–H and O–H groups in total. The first-order valence-electron chi connectivity index (χ1n) is 9.32. The summed E-state index contributed by atoms with van der Waals surface area (Å²) in [4.78, 5) is 36.7. The Morgan fingerprint density at radius 1 is 1.10 bits per heavy atom. The molecule has 1 amide bonds. The number of hydrogen-bond donors (Lipinski definition) is 1. The highest BCUT2D eigenvalue weighted by Crippen LogP contribution is 2.06. The van der Waals surface area contributed by atoms with Gasteiger partial charge in [-0.05, 0) is 24.1 Å². The van der Waals surface area contributed by atoms with Crippen LogP contribution in [0.1, 0.15) is 18.4 Å². The molecule has 0 aliphatic rings. The van der Waals surface area contributed by atoms with Crippen molar-refractivity contribution >= 4 is 22.8 Å². The molecule has 0 spiro atoms. The smallest absolute Gasteiger partial charge is 0.328 e. The third-order valence-corrected chi connectivity index (χ3v) is 4.51. The van der Waals surface area contributed by atoms with Gasteiger partial charge >= 0.3 is 5.97 Å². The summed E-state index contributed by atoms with van der Waals surface area (Å²) >= 11 is 0. The van der Waals surface area contributed by atoms with Crippen LogP contribution in [-0.2, 0) is 27.3 Å². The maximum absolute atomic E-state index is 12.4. The summed E-state index contributed by atoms with van der Waals surface area (Å²) in [6.07, 6.45) is 0.871. The van der Waals surface area contributed by atoms with Gasteiger partial charge in [-0.3, -0.25) is 9.59 Å². The fourth-order valence-electron chi connectivity index (χ4n) is 3.01. The van der Waals surface area contributed by atoms with Crippen LogP contribution in [-0.4, -0.2) is 40.0 Å². The quantitative estimate of drug-likeness (QED) is 0.581. The summed E-state index contributed by atoms with van der Waals surface area (Å²) in [5.74, 6) is -0.794. The monoisotopic (exact) mass is 394 g/mol. The third-order valence-electron chi connectivity index (χ3n) is 4.51. The number of carbonyl (C=O) groups excluding carboxylic acids is 2. The second kappa shape index (κ2) is 9.59. The van der Waals surface area contributed by atoms with Crippen molar-refractivity contribution in [1.29, 1.82) is 0 Å². The van der Waals surface area contributed by atoms with Crippen molar-refractivity contribution in [3.8, 4) is 0 Å². The maximum atomic E-state index is 12.4. The Balaban J connectivity index is 1.57. The molecule has 1 heterocycles. The molecule has 0 fully saturated rings. The standard InChI is InChI=1S/C21H22N4O4/c1-29-21(28)18(14-15-8-3-2-4-9-15)22-19(26)12-7-13-25-20(27)16-10-5-6-11-17(16)23-24-25/h2-6,8-11,18H,7,12-14H2,1H3,(H,22,26)/t18-/m0/s1. The molecule has 29 heavy (non-hydrogen) atoms. The summed E-state index contributed by atoms with van der Waals surface area (Å²) in [7, 11) is 1.29. The Morgan fingerprint density at radius 2 is 1.83 bits per heavy atom. The summed E-state index contributed by atoms with van der Waals surface area (Å²) in [6, 6.07) is 15.6. The van der Waals surface area contributed by atoms with E-state index in [1.54, 1.807) is 24.3 Å². The second-order valence-corrected chi connectivity index (χ2v) is 6.57. The summed E-state index contributed by atoms with van der Waals surface area (Å²) in [6.45, 7) is 0.256. The van der Waals surface area contributed by atoms with Gasteiger partial charge in [0.15, 0.2) is 0 Å². The fourth-order valence-corrected chi connectivity index (χ4v) is 3.01. The van der Waals surface area contributed by atoms with Gasteiger partial charge in [0.05, 0.1) is 12.5 Å². The number of nitrogens with one attached hydrogen (secondary N) is 1. The average molecular weight is 394 g/mol. The number of benzene rings is 2. The number of amides is 1. The zero-order valence-corrected chi connectivity index (χ0v) is 16.1. The van der Waals surface area contributed by atoms with Crippen molar-refractivity contribution in [2.24, 2.45) is 0 Å². The van der Waals surface area contributed by atoms with Gasteiger partial charge in [-0.25, -0.2) is 9.48 Å². The van der Waals surface area contributed by atoms with Crippen molar-refractivity contribution in [3.63, 3.8) is 0 Å². The largest absolute Gasteiger partial charge is 0.467 e. The van der Waals surface area contributed by atoms with Crippen LogP contribution in [0.4, 0.5) is 0 Å². The van der Waals surface area contributed by atoms with Crippen molar-refractivity contribution in [3.05, 3.63) is 70.5 Å². The number of carbonyl (C=O) groups is 2. The van der Waals surface area contributed by atoms with E-state index in [-0.39, 0.29) is 24.4 Å². The lowest BCUT2D eigenvalue weighted by atomic mass is 10.1. The lowest BCUT2D eigenvalue weighted by Gasteiger charge is -2.16. The third kappa shape index (κ3) is 5.25. The Labute approximate surface area is 167 Å². The van der Waals surface area contributed by atoms with E-state index in [0.717, 1.165) is 5.56 Å². The van der Waals surface area contributed by atoms with Crippen molar-refractivity contribution in [2.45, 2.75) is 31.8 Å². The minimum atomic E-state index is -0.766. The Bertz CT molecular complexity index is 1050. The molecule has 3 rings (SSSR count). The van der Waals surface area contributed by atoms with Crippen LogP contribution in [0, 0.1) is 0 Å². The molecule has 0 bridgehead atoms. The summed E-state index contributed by atoms with van der Waals surface area (Å²) < 4.78 is 6.05. The predicted octanol–water partition coefficient (Wildman–Crippen LogP) is 1.47. The first-order valence-corrected chi connectivity index (χ1v) is 9.32. The molecule has 0 aliphatic heterocycles. The van der Waals surface area contributed by atoms with E-state index in [0.29, 0.717) is 23.7 Å². The van der Waals surface area contributed by atoms with Crippen LogP contribution in [0.25, 0.3) is 10.9 Å². The highest BCUT2D eigenvalue weighted by molar-refractivity contribution is 5.84. The van der Waals surface area contributed by atoms with Gasteiger partial charge in [0.1, 0.15) is 11.6 Å². The molecule has 0 unspecified atom stereocenters. The number of hydrogen-bond acceptors (Lipinski definition) is 6. The van der Waals surface area contributed by atoms with Gasteiger partial charge in [0.25, 0.3) is 5.56 Å². The molecule has 150 valence electrons. The zero-order valence-electron chi connectivity index (χ0n) is 16.1. The molecule has 1 atom stereocenters. The molecule has 3 aromatic rings. The van der Waals surface area contributed by atoms with Crippen LogP contribution in [0.3, 0.4) is 0 Å². The van der Waals surface area contributed by atoms with E-state index in [1.807, 2.05) is 30.3 Å². The van der Waals surface area contributed by atoms with E-state index in [1.165, 1.54) is 11.8 Å². The molecule has 8 heteroatoms. The molecule has 0 saturated heterocycles. The summed E-state index contributed by atoms with van der Waals surface area (Å²) in [5, 5.41) is 11.1. The lowest BCUT2D eigenvalue weighted by molar-refractivity contribution is -0.145. The number of methoxy groups -OCH3 is 1. The van der Waals surface area contributed by atoms with E-state index in [4.69, 9.17) is 4.74 Å². The van der Waals surface area contributed by atoms with Crippen LogP contribution >= 0.6 is 0 Å². The van der Waals surface area contributed by atoms with Crippen LogP contribution in [0.5, 0.6) is 0 Å². The topological polar surface area (TPSA) is 103 Å². The number of nitrogens with zero attached hydrogens (tertiary/aromatic N) is 3. The molecular formula is C21H22N4O4. The first kappa shape index (κ1) is 20.2. The van der Waals surface area contributed by atoms with Gasteiger partial charge < -0.3 is 10.1 Å². The van der Waals surface area contributed by atoms with Gasteiger partial charge in [0.2, 0.25) is 5.91 Å². The predicted molar refractivity (Wildman–Crippen MR) is 107 cm³/mol. The van der Waals surface area contributed by atoms with Gasteiger partial charge in [-0.1, -0.05) is 47.7 Å².